The van der Waals surface area contributed by atoms with Gasteiger partial charge < -0.3 is 29.5 Å². The van der Waals surface area contributed by atoms with E-state index in [9.17, 15) is 24.3 Å². The molecule has 1 aliphatic rings. The van der Waals surface area contributed by atoms with Crippen LogP contribution in [0.2, 0.25) is 0 Å². The van der Waals surface area contributed by atoms with E-state index in [1.54, 1.807) is 39.8 Å². The van der Waals surface area contributed by atoms with Crippen LogP contribution in [-0.2, 0) is 31.6 Å². The van der Waals surface area contributed by atoms with Crippen molar-refractivity contribution in [2.24, 2.45) is 10.4 Å². The lowest BCUT2D eigenvalue weighted by atomic mass is 9.78. The van der Waals surface area contributed by atoms with Gasteiger partial charge in [-0.1, -0.05) is 41.5 Å². The molecule has 0 saturated heterocycles. The van der Waals surface area contributed by atoms with Crippen molar-refractivity contribution in [2.75, 3.05) is 27.0 Å². The van der Waals surface area contributed by atoms with Crippen molar-refractivity contribution in [2.45, 2.75) is 86.6 Å². The maximum absolute atomic E-state index is 16.0. The number of ether oxygens (including phenoxy) is 3. The molecule has 12 heteroatoms. The van der Waals surface area contributed by atoms with Gasteiger partial charge in [0.05, 0.1) is 24.1 Å². The third kappa shape index (κ3) is 8.28. The summed E-state index contributed by atoms with van der Waals surface area (Å²) >= 11 is 0. The second-order valence-corrected chi connectivity index (χ2v) is 14.4. The van der Waals surface area contributed by atoms with Gasteiger partial charge in [0.1, 0.15) is 11.6 Å². The Morgan fingerprint density at radius 3 is 2.02 bits per heavy atom. The SMILES string of the molecule is CCOc1c(C(=O)NC)cc2c(c1F)CN(CC(=O)c1cc(C(C)(C)C)c(O)c(C(C)(C)C)c1)C2=NC(=O)OCOC(=O)C(C)(C)C. The highest BCUT2D eigenvalue weighted by Gasteiger charge is 2.36. The molecule has 256 valence electrons. The molecule has 0 aliphatic carbocycles. The van der Waals surface area contributed by atoms with Crippen LogP contribution in [0.3, 0.4) is 0 Å². The minimum atomic E-state index is -1.16. The number of esters is 1. The van der Waals surface area contributed by atoms with Crippen molar-refractivity contribution in [1.29, 1.82) is 0 Å². The summed E-state index contributed by atoms with van der Waals surface area (Å²) in [6, 6.07) is 4.64. The number of halogens is 1. The number of benzene rings is 2. The molecule has 2 aromatic rings. The number of fused-ring (bicyclic) bond motifs is 1. The summed E-state index contributed by atoms with van der Waals surface area (Å²) in [5.41, 5.74) is -0.300. The Bertz CT molecular complexity index is 1580. The average molecular weight is 656 g/mol. The van der Waals surface area contributed by atoms with E-state index in [-0.39, 0.29) is 59.5 Å². The molecular weight excluding hydrogens is 609 g/mol. The van der Waals surface area contributed by atoms with Gasteiger partial charge in [0, 0.05) is 41.4 Å². The highest BCUT2D eigenvalue weighted by Crippen LogP contribution is 2.40. The van der Waals surface area contributed by atoms with Crippen molar-refractivity contribution in [1.82, 2.24) is 10.2 Å². The number of carbonyl (C=O) groups is 4. The van der Waals surface area contributed by atoms with Crippen LogP contribution in [0.25, 0.3) is 0 Å². The predicted octanol–water partition coefficient (Wildman–Crippen LogP) is 6.01. The maximum Gasteiger partial charge on any atom is 0.438 e. The molecule has 2 amide bonds. The molecule has 0 spiro atoms. The van der Waals surface area contributed by atoms with Crippen LogP contribution in [-0.4, -0.2) is 66.6 Å². The van der Waals surface area contributed by atoms with Gasteiger partial charge in [0.15, 0.2) is 17.3 Å². The van der Waals surface area contributed by atoms with E-state index >= 15 is 4.39 Å². The zero-order chi connectivity index (χ0) is 35.6. The summed E-state index contributed by atoms with van der Waals surface area (Å²) in [7, 11) is 1.38. The van der Waals surface area contributed by atoms with Gasteiger partial charge in [-0.2, -0.15) is 4.99 Å². The van der Waals surface area contributed by atoms with Crippen LogP contribution < -0.4 is 10.1 Å². The Morgan fingerprint density at radius 2 is 1.53 bits per heavy atom. The Morgan fingerprint density at radius 1 is 0.957 bits per heavy atom. The number of aromatic hydroxyl groups is 1. The van der Waals surface area contributed by atoms with Gasteiger partial charge in [-0.3, -0.25) is 14.4 Å². The quantitative estimate of drug-likeness (QED) is 0.198. The Kier molecular flexibility index (Phi) is 10.8. The van der Waals surface area contributed by atoms with Crippen molar-refractivity contribution in [3.05, 3.63) is 57.4 Å². The first-order valence-electron chi connectivity index (χ1n) is 15.4. The zero-order valence-corrected chi connectivity index (χ0v) is 29.1. The van der Waals surface area contributed by atoms with Crippen LogP contribution >= 0.6 is 0 Å². The van der Waals surface area contributed by atoms with E-state index in [4.69, 9.17) is 14.2 Å². The number of amidine groups is 1. The number of nitrogens with zero attached hydrogens (tertiary/aromatic N) is 2. The van der Waals surface area contributed by atoms with Crippen molar-refractivity contribution >= 4 is 29.6 Å². The van der Waals surface area contributed by atoms with Gasteiger partial charge in [-0.15, -0.1) is 0 Å². The first-order chi connectivity index (χ1) is 21.6. The lowest BCUT2D eigenvalue weighted by Gasteiger charge is -2.28. The highest BCUT2D eigenvalue weighted by molar-refractivity contribution is 6.11. The maximum atomic E-state index is 16.0. The second-order valence-electron chi connectivity index (χ2n) is 14.4. The molecule has 1 aliphatic heterocycles. The largest absolute Gasteiger partial charge is 0.507 e. The van der Waals surface area contributed by atoms with Crippen LogP contribution in [0.5, 0.6) is 11.5 Å². The number of phenols is 1. The molecule has 0 bridgehead atoms. The molecule has 0 unspecified atom stereocenters. The number of Topliss-reactive ketones (excluding diaryl/α,β-unsaturated/α-hetero) is 1. The van der Waals surface area contributed by atoms with Crippen LogP contribution in [0.1, 0.15) is 112 Å². The molecule has 11 nitrogen and oxygen atoms in total. The smallest absolute Gasteiger partial charge is 0.438 e. The molecule has 0 saturated carbocycles. The van der Waals surface area contributed by atoms with Crippen molar-refractivity contribution in [3.63, 3.8) is 0 Å². The number of rotatable bonds is 8. The summed E-state index contributed by atoms with van der Waals surface area (Å²) < 4.78 is 31.5. The molecule has 3 rings (SSSR count). The van der Waals surface area contributed by atoms with E-state index < -0.39 is 46.8 Å². The van der Waals surface area contributed by atoms with Crippen LogP contribution in [0.4, 0.5) is 9.18 Å². The van der Waals surface area contributed by atoms with Gasteiger partial charge >= 0.3 is 12.1 Å². The summed E-state index contributed by atoms with van der Waals surface area (Å²) in [5, 5.41) is 13.6. The molecule has 2 aromatic carbocycles. The molecule has 47 heavy (non-hydrogen) atoms. The minimum Gasteiger partial charge on any atom is -0.507 e. The number of aliphatic imine (C=N–C) groups is 1. The van der Waals surface area contributed by atoms with Crippen molar-refractivity contribution in [3.8, 4) is 11.5 Å². The molecule has 2 N–H and O–H groups in total. The van der Waals surface area contributed by atoms with E-state index in [2.05, 4.69) is 10.3 Å². The molecule has 0 radical (unpaired) electrons. The van der Waals surface area contributed by atoms with E-state index in [0.29, 0.717) is 16.7 Å². The number of ketones is 1. The fourth-order valence-electron chi connectivity index (χ4n) is 4.98. The highest BCUT2D eigenvalue weighted by atomic mass is 19.1. The third-order valence-corrected chi connectivity index (χ3v) is 7.54. The first kappa shape index (κ1) is 37.0. The first-order valence-corrected chi connectivity index (χ1v) is 15.4. The normalized spacial score (nSPS) is 14.1. The number of hydrogen-bond acceptors (Lipinski definition) is 8. The predicted molar refractivity (Wildman–Crippen MR) is 175 cm³/mol. The molecule has 0 fully saturated rings. The zero-order valence-electron chi connectivity index (χ0n) is 29.1. The average Bonchev–Trinajstić information content (AvgIpc) is 3.28. The van der Waals surface area contributed by atoms with Crippen LogP contribution in [0, 0.1) is 11.2 Å². The summed E-state index contributed by atoms with van der Waals surface area (Å²) in [5.74, 6) is -2.71. The number of phenolic OH excluding ortho intramolecular Hbond substituents is 1. The van der Waals surface area contributed by atoms with Gasteiger partial charge in [-0.05, 0) is 56.7 Å². The standard InChI is InChI=1S/C35H46FN3O8/c1-12-45-28-21(30(42)37-11)15-20-22(26(28)36)16-39(29(20)38-32(44)47-18-46-31(43)35(8,9)10)17-25(40)19-13-23(33(2,3)4)27(41)24(14-19)34(5,6)7/h13-15,41H,12,16-18H2,1-11H3,(H,37,42). The van der Waals surface area contributed by atoms with E-state index in [0.717, 1.165) is 0 Å². The van der Waals surface area contributed by atoms with Gasteiger partial charge in [0.25, 0.3) is 5.91 Å². The number of nitrogens with one attached hydrogen (secondary N) is 1. The third-order valence-electron chi connectivity index (χ3n) is 7.54. The lowest BCUT2D eigenvalue weighted by molar-refractivity contribution is -0.161. The van der Waals surface area contributed by atoms with Gasteiger partial charge in [0.2, 0.25) is 6.79 Å². The number of hydrogen-bond donors (Lipinski definition) is 2. The topological polar surface area (TPSA) is 144 Å². The second kappa shape index (κ2) is 13.7. The number of carbonyl (C=O) groups excluding carboxylic acids is 4. The fraction of sp³-hybridized carbons (Fsp3) is 0.514. The molecular formula is C35H46FN3O8. The number of amides is 2. The Balaban J connectivity index is 2.11. The summed E-state index contributed by atoms with van der Waals surface area (Å²) in [4.78, 5) is 57.1. The van der Waals surface area contributed by atoms with Crippen LogP contribution in [0.15, 0.2) is 23.2 Å². The molecule has 1 heterocycles. The summed E-state index contributed by atoms with van der Waals surface area (Å²) in [6.07, 6.45) is -1.16. The summed E-state index contributed by atoms with van der Waals surface area (Å²) in [6.45, 7) is 17.0. The molecule has 0 aromatic heterocycles. The van der Waals surface area contributed by atoms with E-state index in [1.165, 1.54) is 18.0 Å². The molecule has 0 atom stereocenters. The minimum absolute atomic E-state index is 0.0658. The monoisotopic (exact) mass is 655 g/mol. The van der Waals surface area contributed by atoms with Crippen molar-refractivity contribution < 1.29 is 42.9 Å². The van der Waals surface area contributed by atoms with Gasteiger partial charge in [-0.25, -0.2) is 9.18 Å². The Hall–Kier alpha value is -4.48. The lowest BCUT2D eigenvalue weighted by Crippen LogP contribution is -2.32. The fourth-order valence-corrected chi connectivity index (χ4v) is 4.98. The van der Waals surface area contributed by atoms with E-state index in [1.807, 2.05) is 41.5 Å². The Labute approximate surface area is 275 Å².